The fourth-order valence-corrected chi connectivity index (χ4v) is 5.62. The summed E-state index contributed by atoms with van der Waals surface area (Å²) in [6, 6.07) is 0. The number of aliphatic hydroxyl groups excluding tert-OH is 1. The third kappa shape index (κ3) is 1.33. The van der Waals surface area contributed by atoms with Gasteiger partial charge >= 0.3 is 0 Å². The zero-order valence-electron chi connectivity index (χ0n) is 10.1. The van der Waals surface area contributed by atoms with Crippen LogP contribution in [0.15, 0.2) is 0 Å². The van der Waals surface area contributed by atoms with Gasteiger partial charge in [0.2, 0.25) is 0 Å². The Morgan fingerprint density at radius 3 is 1.81 bits per heavy atom. The van der Waals surface area contributed by atoms with Crippen molar-refractivity contribution >= 4 is 0 Å². The summed E-state index contributed by atoms with van der Waals surface area (Å²) in [4.78, 5) is 0. The van der Waals surface area contributed by atoms with Crippen LogP contribution in [0.1, 0.15) is 51.4 Å². The first-order valence-electron chi connectivity index (χ1n) is 7.49. The molecular formula is C15H24O. The summed E-state index contributed by atoms with van der Waals surface area (Å²) in [6.07, 6.45) is 11.4. The molecule has 1 nitrogen and oxygen atoms in total. The summed E-state index contributed by atoms with van der Waals surface area (Å²) in [5.74, 6) is 5.30. The van der Waals surface area contributed by atoms with Gasteiger partial charge in [0.1, 0.15) is 0 Å². The van der Waals surface area contributed by atoms with E-state index in [9.17, 15) is 5.11 Å². The molecule has 0 heterocycles. The van der Waals surface area contributed by atoms with Gasteiger partial charge in [0.25, 0.3) is 0 Å². The Morgan fingerprint density at radius 1 is 0.812 bits per heavy atom. The van der Waals surface area contributed by atoms with Gasteiger partial charge in [-0.05, 0) is 80.5 Å². The molecule has 0 saturated heterocycles. The molecule has 0 spiro atoms. The summed E-state index contributed by atoms with van der Waals surface area (Å²) in [5, 5.41) is 10.6. The molecule has 0 aliphatic heterocycles. The maximum absolute atomic E-state index is 10.6. The third-order valence-corrected chi connectivity index (χ3v) is 6.33. The highest BCUT2D eigenvalue weighted by Crippen LogP contribution is 2.58. The molecule has 0 radical (unpaired) electrons. The third-order valence-electron chi connectivity index (χ3n) is 6.33. The van der Waals surface area contributed by atoms with Crippen LogP contribution in [0, 0.1) is 35.5 Å². The summed E-state index contributed by atoms with van der Waals surface area (Å²) < 4.78 is 0. The van der Waals surface area contributed by atoms with E-state index in [1.165, 1.54) is 51.4 Å². The Morgan fingerprint density at radius 2 is 1.38 bits per heavy atom. The van der Waals surface area contributed by atoms with Gasteiger partial charge in [-0.25, -0.2) is 0 Å². The lowest BCUT2D eigenvalue weighted by atomic mass is 9.49. The van der Waals surface area contributed by atoms with Crippen molar-refractivity contribution in [3.8, 4) is 0 Å². The Balaban J connectivity index is 1.55. The molecule has 0 aromatic carbocycles. The number of hydrogen-bond acceptors (Lipinski definition) is 1. The standard InChI is InChI=1S/C15H24O/c16-15(11-2-1-3-11)14-12-5-9-4-10(7-12)8-13(14)6-9/h9-16H,1-8H2. The van der Waals surface area contributed by atoms with Crippen molar-refractivity contribution in [3.05, 3.63) is 0 Å². The Kier molecular flexibility index (Phi) is 2.16. The molecule has 16 heavy (non-hydrogen) atoms. The molecule has 0 aromatic rings. The van der Waals surface area contributed by atoms with Gasteiger partial charge in [-0.15, -0.1) is 0 Å². The largest absolute Gasteiger partial charge is 0.393 e. The molecule has 1 unspecified atom stereocenters. The topological polar surface area (TPSA) is 20.2 Å². The molecule has 5 aliphatic rings. The minimum Gasteiger partial charge on any atom is -0.393 e. The second-order valence-electron chi connectivity index (χ2n) is 7.19. The molecule has 4 bridgehead atoms. The van der Waals surface area contributed by atoms with E-state index in [1.807, 2.05) is 0 Å². The van der Waals surface area contributed by atoms with Gasteiger partial charge in [0, 0.05) is 0 Å². The molecule has 5 aliphatic carbocycles. The monoisotopic (exact) mass is 220 g/mol. The van der Waals surface area contributed by atoms with Crippen molar-refractivity contribution in [1.29, 1.82) is 0 Å². The van der Waals surface area contributed by atoms with Crippen molar-refractivity contribution in [2.45, 2.75) is 57.5 Å². The van der Waals surface area contributed by atoms with E-state index in [-0.39, 0.29) is 6.10 Å². The van der Waals surface area contributed by atoms with E-state index in [2.05, 4.69) is 0 Å². The SMILES string of the molecule is OC(C1CCC1)C1C2CC3CC(C2)CC1C3. The van der Waals surface area contributed by atoms with E-state index in [4.69, 9.17) is 0 Å². The fraction of sp³-hybridized carbons (Fsp3) is 1.00. The maximum atomic E-state index is 10.6. The first-order valence-corrected chi connectivity index (χ1v) is 7.49. The Hall–Kier alpha value is -0.0400. The smallest absolute Gasteiger partial charge is 0.0601 e. The summed E-state index contributed by atoms with van der Waals surface area (Å²) in [7, 11) is 0. The van der Waals surface area contributed by atoms with Gasteiger partial charge in [-0.1, -0.05) is 6.42 Å². The van der Waals surface area contributed by atoms with E-state index in [0.29, 0.717) is 11.8 Å². The van der Waals surface area contributed by atoms with Crippen molar-refractivity contribution < 1.29 is 5.11 Å². The van der Waals surface area contributed by atoms with Crippen molar-refractivity contribution in [2.75, 3.05) is 0 Å². The van der Waals surface area contributed by atoms with Gasteiger partial charge in [-0.3, -0.25) is 0 Å². The summed E-state index contributed by atoms with van der Waals surface area (Å²) in [5.41, 5.74) is 0. The lowest BCUT2D eigenvalue weighted by Gasteiger charge is -2.57. The van der Waals surface area contributed by atoms with E-state index < -0.39 is 0 Å². The number of rotatable bonds is 2. The average molecular weight is 220 g/mol. The molecule has 5 rings (SSSR count). The number of aliphatic hydroxyl groups is 1. The molecule has 1 heteroatoms. The van der Waals surface area contributed by atoms with Gasteiger partial charge in [-0.2, -0.15) is 0 Å². The molecule has 0 aromatic heterocycles. The van der Waals surface area contributed by atoms with Gasteiger partial charge in [0.15, 0.2) is 0 Å². The van der Waals surface area contributed by atoms with E-state index >= 15 is 0 Å². The molecule has 1 atom stereocenters. The van der Waals surface area contributed by atoms with Gasteiger partial charge < -0.3 is 5.11 Å². The van der Waals surface area contributed by atoms with Crippen LogP contribution >= 0.6 is 0 Å². The van der Waals surface area contributed by atoms with Crippen LogP contribution < -0.4 is 0 Å². The highest BCUT2D eigenvalue weighted by atomic mass is 16.3. The predicted molar refractivity (Wildman–Crippen MR) is 63.9 cm³/mol. The molecule has 5 fully saturated rings. The lowest BCUT2D eigenvalue weighted by Crippen LogP contribution is -2.51. The molecule has 1 N–H and O–H groups in total. The molecule has 5 saturated carbocycles. The minimum absolute atomic E-state index is 0.0729. The van der Waals surface area contributed by atoms with Crippen LogP contribution in [-0.4, -0.2) is 11.2 Å². The van der Waals surface area contributed by atoms with Crippen LogP contribution in [-0.2, 0) is 0 Å². The van der Waals surface area contributed by atoms with Gasteiger partial charge in [0.05, 0.1) is 6.10 Å². The van der Waals surface area contributed by atoms with Crippen LogP contribution in [0.4, 0.5) is 0 Å². The van der Waals surface area contributed by atoms with E-state index in [0.717, 1.165) is 23.7 Å². The van der Waals surface area contributed by atoms with Crippen LogP contribution in [0.25, 0.3) is 0 Å². The average Bonchev–Trinajstić information content (AvgIpc) is 2.12. The van der Waals surface area contributed by atoms with Crippen molar-refractivity contribution in [3.63, 3.8) is 0 Å². The molecular weight excluding hydrogens is 196 g/mol. The first-order chi connectivity index (χ1) is 7.81. The zero-order chi connectivity index (χ0) is 10.7. The zero-order valence-corrected chi connectivity index (χ0v) is 10.1. The quantitative estimate of drug-likeness (QED) is 0.757. The first kappa shape index (κ1) is 9.94. The lowest BCUT2D eigenvalue weighted by molar-refractivity contribution is -0.115. The molecule has 90 valence electrons. The highest BCUT2D eigenvalue weighted by Gasteiger charge is 2.51. The number of hydrogen-bond donors (Lipinski definition) is 1. The fourth-order valence-electron chi connectivity index (χ4n) is 5.62. The second kappa shape index (κ2) is 3.48. The summed E-state index contributed by atoms with van der Waals surface area (Å²) in [6.45, 7) is 0. The second-order valence-corrected chi connectivity index (χ2v) is 7.19. The van der Waals surface area contributed by atoms with Crippen LogP contribution in [0.3, 0.4) is 0 Å². The summed E-state index contributed by atoms with van der Waals surface area (Å²) >= 11 is 0. The van der Waals surface area contributed by atoms with Crippen LogP contribution in [0.2, 0.25) is 0 Å². The molecule has 0 amide bonds. The normalized spacial score (nSPS) is 52.7. The highest BCUT2D eigenvalue weighted by molar-refractivity contribution is 5.01. The van der Waals surface area contributed by atoms with Crippen molar-refractivity contribution in [2.24, 2.45) is 35.5 Å². The Labute approximate surface area is 98.6 Å². The Bertz CT molecular complexity index is 250. The predicted octanol–water partition coefficient (Wildman–Crippen LogP) is 3.22. The van der Waals surface area contributed by atoms with E-state index in [1.54, 1.807) is 0 Å². The van der Waals surface area contributed by atoms with Crippen molar-refractivity contribution in [1.82, 2.24) is 0 Å². The maximum Gasteiger partial charge on any atom is 0.0601 e. The minimum atomic E-state index is 0.0729. The van der Waals surface area contributed by atoms with Crippen LogP contribution in [0.5, 0.6) is 0 Å².